The van der Waals surface area contributed by atoms with Crippen molar-refractivity contribution in [3.63, 3.8) is 0 Å². The van der Waals surface area contributed by atoms with Crippen molar-refractivity contribution >= 4 is 17.4 Å². The van der Waals surface area contributed by atoms with E-state index in [1.807, 2.05) is 24.0 Å². The fourth-order valence-electron chi connectivity index (χ4n) is 3.09. The number of urea groups is 1. The Kier molecular flexibility index (Phi) is 5.96. The summed E-state index contributed by atoms with van der Waals surface area (Å²) in [6.45, 7) is 4.11. The van der Waals surface area contributed by atoms with Gasteiger partial charge in [-0.25, -0.2) is 4.79 Å². The van der Waals surface area contributed by atoms with Gasteiger partial charge in [0, 0.05) is 31.9 Å². The van der Waals surface area contributed by atoms with E-state index in [0.717, 1.165) is 12.1 Å². The quantitative estimate of drug-likeness (QED) is 0.834. The predicted molar refractivity (Wildman–Crippen MR) is 102 cm³/mol. The molecular weight excluding hydrogens is 371 g/mol. The van der Waals surface area contributed by atoms with Crippen LogP contribution >= 0.6 is 0 Å². The predicted octanol–water partition coefficient (Wildman–Crippen LogP) is 4.46. The normalized spacial score (nSPS) is 14.7. The molecule has 0 radical (unpaired) electrons. The van der Waals surface area contributed by atoms with Crippen LogP contribution in [0.4, 0.5) is 29.3 Å². The molecule has 1 N–H and O–H groups in total. The molecule has 1 fully saturated rings. The van der Waals surface area contributed by atoms with E-state index < -0.39 is 11.7 Å². The average molecular weight is 393 g/mol. The first-order valence-corrected chi connectivity index (χ1v) is 9.08. The fourth-order valence-corrected chi connectivity index (χ4v) is 3.09. The number of para-hydroxylation sites is 2. The van der Waals surface area contributed by atoms with E-state index in [9.17, 15) is 18.0 Å². The van der Waals surface area contributed by atoms with E-state index in [2.05, 4.69) is 5.32 Å². The highest BCUT2D eigenvalue weighted by molar-refractivity contribution is 5.91. The SMILES string of the molecule is CCOc1ccccc1NC(=O)N1CCN(c2cccc(C(F)(F)F)c2)CC1. The molecule has 28 heavy (non-hydrogen) atoms. The van der Waals surface area contributed by atoms with Gasteiger partial charge in [-0.2, -0.15) is 13.2 Å². The van der Waals surface area contributed by atoms with E-state index in [1.165, 1.54) is 6.07 Å². The number of halogens is 3. The maximum atomic E-state index is 12.9. The van der Waals surface area contributed by atoms with Gasteiger partial charge in [0.25, 0.3) is 0 Å². The third-order valence-electron chi connectivity index (χ3n) is 4.53. The minimum atomic E-state index is -4.37. The smallest absolute Gasteiger partial charge is 0.416 e. The maximum absolute atomic E-state index is 12.9. The minimum Gasteiger partial charge on any atom is -0.492 e. The zero-order valence-electron chi connectivity index (χ0n) is 15.5. The Balaban J connectivity index is 1.60. The van der Waals surface area contributed by atoms with Crippen molar-refractivity contribution in [2.24, 2.45) is 0 Å². The summed E-state index contributed by atoms with van der Waals surface area (Å²) in [6.07, 6.45) is -4.37. The number of piperazine rings is 1. The van der Waals surface area contributed by atoms with Gasteiger partial charge >= 0.3 is 12.2 Å². The third kappa shape index (κ3) is 4.68. The van der Waals surface area contributed by atoms with Crippen molar-refractivity contribution in [3.05, 3.63) is 54.1 Å². The highest BCUT2D eigenvalue weighted by atomic mass is 19.4. The number of nitrogens with zero attached hydrogens (tertiary/aromatic N) is 2. The van der Waals surface area contributed by atoms with Crippen molar-refractivity contribution < 1.29 is 22.7 Å². The number of benzene rings is 2. The number of hydrogen-bond acceptors (Lipinski definition) is 3. The lowest BCUT2D eigenvalue weighted by atomic mass is 10.1. The van der Waals surface area contributed by atoms with Gasteiger partial charge in [-0.1, -0.05) is 18.2 Å². The second kappa shape index (κ2) is 8.41. The minimum absolute atomic E-state index is 0.254. The largest absolute Gasteiger partial charge is 0.492 e. The first kappa shape index (κ1) is 19.9. The molecule has 0 aromatic heterocycles. The molecule has 0 saturated carbocycles. The molecule has 0 spiro atoms. The van der Waals surface area contributed by atoms with Crippen molar-refractivity contribution in [2.45, 2.75) is 13.1 Å². The van der Waals surface area contributed by atoms with Gasteiger partial charge in [-0.3, -0.25) is 0 Å². The Morgan fingerprint density at radius 3 is 2.46 bits per heavy atom. The van der Waals surface area contributed by atoms with Crippen LogP contribution in [-0.4, -0.2) is 43.7 Å². The lowest BCUT2D eigenvalue weighted by Crippen LogP contribution is -2.50. The molecule has 0 unspecified atom stereocenters. The molecule has 1 saturated heterocycles. The molecule has 1 aliphatic heterocycles. The molecule has 5 nitrogen and oxygen atoms in total. The second-order valence-electron chi connectivity index (χ2n) is 6.38. The van der Waals surface area contributed by atoms with Crippen LogP contribution in [0.3, 0.4) is 0 Å². The average Bonchev–Trinajstić information content (AvgIpc) is 2.69. The van der Waals surface area contributed by atoms with Crippen molar-refractivity contribution in [2.75, 3.05) is 43.0 Å². The third-order valence-corrected chi connectivity index (χ3v) is 4.53. The number of hydrogen-bond donors (Lipinski definition) is 1. The Morgan fingerprint density at radius 2 is 1.79 bits per heavy atom. The number of nitrogens with one attached hydrogen (secondary N) is 1. The van der Waals surface area contributed by atoms with Gasteiger partial charge < -0.3 is 19.9 Å². The molecule has 1 heterocycles. The summed E-state index contributed by atoms with van der Waals surface area (Å²) < 4.78 is 44.2. The number of carbonyl (C=O) groups is 1. The van der Waals surface area contributed by atoms with Crippen LogP contribution in [0.25, 0.3) is 0 Å². The van der Waals surface area contributed by atoms with Crippen LogP contribution in [0.1, 0.15) is 12.5 Å². The van der Waals surface area contributed by atoms with Gasteiger partial charge in [0.15, 0.2) is 0 Å². The van der Waals surface area contributed by atoms with Gasteiger partial charge in [0.1, 0.15) is 5.75 Å². The number of carbonyl (C=O) groups excluding carboxylic acids is 1. The molecule has 1 aliphatic rings. The molecule has 2 aromatic rings. The monoisotopic (exact) mass is 393 g/mol. The van der Waals surface area contributed by atoms with E-state index >= 15 is 0 Å². The van der Waals surface area contributed by atoms with Crippen LogP contribution in [-0.2, 0) is 6.18 Å². The summed E-state index contributed by atoms with van der Waals surface area (Å²) in [5.74, 6) is 0.598. The number of rotatable bonds is 4. The maximum Gasteiger partial charge on any atom is 0.416 e. The second-order valence-corrected chi connectivity index (χ2v) is 6.38. The molecular formula is C20H22F3N3O2. The zero-order chi connectivity index (χ0) is 20.1. The highest BCUT2D eigenvalue weighted by Gasteiger charge is 2.31. The molecule has 0 aliphatic carbocycles. The van der Waals surface area contributed by atoms with E-state index in [0.29, 0.717) is 49.9 Å². The highest BCUT2D eigenvalue weighted by Crippen LogP contribution is 2.32. The van der Waals surface area contributed by atoms with Crippen molar-refractivity contribution in [3.8, 4) is 5.75 Å². The molecule has 2 aromatic carbocycles. The van der Waals surface area contributed by atoms with E-state index in [-0.39, 0.29) is 6.03 Å². The van der Waals surface area contributed by atoms with Crippen LogP contribution in [0.2, 0.25) is 0 Å². The van der Waals surface area contributed by atoms with Gasteiger partial charge in [-0.05, 0) is 37.3 Å². The number of amides is 2. The van der Waals surface area contributed by atoms with Crippen molar-refractivity contribution in [1.29, 1.82) is 0 Å². The summed E-state index contributed by atoms with van der Waals surface area (Å²) in [5.41, 5.74) is 0.434. The van der Waals surface area contributed by atoms with E-state index in [1.54, 1.807) is 23.1 Å². The molecule has 150 valence electrons. The van der Waals surface area contributed by atoms with Gasteiger partial charge in [0.2, 0.25) is 0 Å². The zero-order valence-corrected chi connectivity index (χ0v) is 15.5. The fraction of sp³-hybridized carbons (Fsp3) is 0.350. The van der Waals surface area contributed by atoms with Crippen LogP contribution in [0, 0.1) is 0 Å². The lowest BCUT2D eigenvalue weighted by molar-refractivity contribution is -0.137. The van der Waals surface area contributed by atoms with Gasteiger partial charge in [-0.15, -0.1) is 0 Å². The van der Waals surface area contributed by atoms with Crippen molar-refractivity contribution in [1.82, 2.24) is 4.90 Å². The molecule has 3 rings (SSSR count). The summed E-state index contributed by atoms with van der Waals surface area (Å²) in [6, 6.07) is 12.2. The Bertz CT molecular complexity index is 818. The van der Waals surface area contributed by atoms with Crippen LogP contribution in [0.5, 0.6) is 5.75 Å². The molecule has 8 heteroatoms. The van der Waals surface area contributed by atoms with Crippen LogP contribution < -0.4 is 15.0 Å². The summed E-state index contributed by atoms with van der Waals surface area (Å²) in [4.78, 5) is 16.0. The Hall–Kier alpha value is -2.90. The summed E-state index contributed by atoms with van der Waals surface area (Å²) in [7, 11) is 0. The number of ether oxygens (including phenoxy) is 1. The number of alkyl halides is 3. The molecule has 0 bridgehead atoms. The lowest BCUT2D eigenvalue weighted by Gasteiger charge is -2.36. The first-order valence-electron chi connectivity index (χ1n) is 9.08. The Labute approximate surface area is 161 Å². The Morgan fingerprint density at radius 1 is 1.07 bits per heavy atom. The number of anilines is 2. The van der Waals surface area contributed by atoms with Crippen LogP contribution in [0.15, 0.2) is 48.5 Å². The van der Waals surface area contributed by atoms with Gasteiger partial charge in [0.05, 0.1) is 17.9 Å². The molecule has 0 atom stereocenters. The first-order chi connectivity index (χ1) is 13.4. The van der Waals surface area contributed by atoms with E-state index in [4.69, 9.17) is 4.74 Å². The molecule has 2 amide bonds. The summed E-state index contributed by atoms with van der Waals surface area (Å²) in [5, 5.41) is 2.84. The standard InChI is InChI=1S/C20H22F3N3O2/c1-2-28-18-9-4-3-8-17(18)24-19(27)26-12-10-25(11-13-26)16-7-5-6-15(14-16)20(21,22)23/h3-9,14H,2,10-13H2,1H3,(H,24,27). The summed E-state index contributed by atoms with van der Waals surface area (Å²) >= 11 is 0. The topological polar surface area (TPSA) is 44.8 Å².